The van der Waals surface area contributed by atoms with E-state index in [0.29, 0.717) is 12.4 Å². The lowest BCUT2D eigenvalue weighted by molar-refractivity contribution is -0.129. The van der Waals surface area contributed by atoms with E-state index < -0.39 is 6.03 Å². The number of nitrogens with two attached hydrogens (primary N) is 1. The highest BCUT2D eigenvalue weighted by Crippen LogP contribution is 2.30. The van der Waals surface area contributed by atoms with Crippen LogP contribution in [0, 0.1) is 0 Å². The van der Waals surface area contributed by atoms with Crippen molar-refractivity contribution in [3.05, 3.63) is 41.9 Å². The number of carbonyl (C=O) groups is 2. The van der Waals surface area contributed by atoms with Gasteiger partial charge in [-0.25, -0.2) is 9.78 Å². The molecule has 0 fully saturated rings. The van der Waals surface area contributed by atoms with Gasteiger partial charge < -0.3 is 10.6 Å². The molecule has 3 heterocycles. The summed E-state index contributed by atoms with van der Waals surface area (Å²) >= 11 is 0. The quantitative estimate of drug-likeness (QED) is 0.917. The zero-order valence-electron chi connectivity index (χ0n) is 15.3. The predicted octanol–water partition coefficient (Wildman–Crippen LogP) is 2.51. The molecule has 0 saturated heterocycles. The number of nitrogens with zero attached hydrogens (tertiary/aromatic N) is 4. The molecule has 136 valence electrons. The largest absolute Gasteiger partial charge is 0.351 e. The van der Waals surface area contributed by atoms with Crippen LogP contribution in [0.3, 0.4) is 0 Å². The summed E-state index contributed by atoms with van der Waals surface area (Å²) in [5.41, 5.74) is 9.26. The van der Waals surface area contributed by atoms with Crippen molar-refractivity contribution in [3.8, 4) is 11.1 Å². The van der Waals surface area contributed by atoms with Crippen LogP contribution in [0.1, 0.15) is 37.4 Å². The van der Waals surface area contributed by atoms with Gasteiger partial charge in [0.2, 0.25) is 5.91 Å². The standard InChI is InChI=1S/C19H23N5O2/c1-12(23(3)13(2)25)15-8-16(10-21-9-15)17-7-14-5-4-6-24(19(20)26)18(14)22-11-17/h7-12H,4-6H2,1-3H3,(H2,20,26). The van der Waals surface area contributed by atoms with Crippen molar-refractivity contribution in [3.63, 3.8) is 0 Å². The Morgan fingerprint density at radius 1 is 1.23 bits per heavy atom. The van der Waals surface area contributed by atoms with Gasteiger partial charge in [0.25, 0.3) is 0 Å². The maximum absolute atomic E-state index is 11.6. The van der Waals surface area contributed by atoms with Gasteiger partial charge in [-0.3, -0.25) is 14.7 Å². The van der Waals surface area contributed by atoms with Gasteiger partial charge in [0.1, 0.15) is 5.82 Å². The van der Waals surface area contributed by atoms with Gasteiger partial charge in [-0.05, 0) is 43.0 Å². The maximum Gasteiger partial charge on any atom is 0.320 e. The number of pyridine rings is 2. The lowest BCUT2D eigenvalue weighted by Crippen LogP contribution is -2.40. The lowest BCUT2D eigenvalue weighted by atomic mass is 9.99. The first-order valence-electron chi connectivity index (χ1n) is 8.63. The van der Waals surface area contributed by atoms with Gasteiger partial charge in [-0.1, -0.05) is 0 Å². The van der Waals surface area contributed by atoms with E-state index in [1.54, 1.807) is 37.5 Å². The molecule has 0 saturated carbocycles. The van der Waals surface area contributed by atoms with Crippen LogP contribution in [-0.4, -0.2) is 40.4 Å². The van der Waals surface area contributed by atoms with Gasteiger partial charge in [0.15, 0.2) is 0 Å². The summed E-state index contributed by atoms with van der Waals surface area (Å²) in [5, 5.41) is 0. The fourth-order valence-corrected chi connectivity index (χ4v) is 3.18. The summed E-state index contributed by atoms with van der Waals surface area (Å²) in [5.74, 6) is 0.645. The van der Waals surface area contributed by atoms with Crippen LogP contribution in [-0.2, 0) is 11.2 Å². The minimum Gasteiger partial charge on any atom is -0.351 e. The third-order valence-corrected chi connectivity index (χ3v) is 4.95. The number of aromatic nitrogens is 2. The highest BCUT2D eigenvalue weighted by atomic mass is 16.2. The Hall–Kier alpha value is -2.96. The minimum atomic E-state index is -0.476. The Morgan fingerprint density at radius 2 is 1.96 bits per heavy atom. The zero-order chi connectivity index (χ0) is 18.8. The van der Waals surface area contributed by atoms with E-state index in [0.717, 1.165) is 35.1 Å². The van der Waals surface area contributed by atoms with Gasteiger partial charge in [0, 0.05) is 50.2 Å². The number of urea groups is 1. The van der Waals surface area contributed by atoms with E-state index >= 15 is 0 Å². The van der Waals surface area contributed by atoms with Gasteiger partial charge in [0.05, 0.1) is 6.04 Å². The topological polar surface area (TPSA) is 92.4 Å². The average molecular weight is 353 g/mol. The van der Waals surface area contributed by atoms with E-state index in [2.05, 4.69) is 9.97 Å². The van der Waals surface area contributed by atoms with E-state index in [-0.39, 0.29) is 11.9 Å². The van der Waals surface area contributed by atoms with Gasteiger partial charge in [-0.2, -0.15) is 0 Å². The SMILES string of the molecule is CC(=O)N(C)C(C)c1cncc(-c2cnc3c(c2)CCCN3C(N)=O)c1. The molecule has 1 aliphatic heterocycles. The molecule has 2 N–H and O–H groups in total. The number of anilines is 1. The van der Waals surface area contributed by atoms with Crippen LogP contribution >= 0.6 is 0 Å². The number of aryl methyl sites for hydroxylation is 1. The molecule has 0 aliphatic carbocycles. The van der Waals surface area contributed by atoms with Crippen molar-refractivity contribution in [1.82, 2.24) is 14.9 Å². The summed E-state index contributed by atoms with van der Waals surface area (Å²) in [7, 11) is 1.78. The normalized spacial score (nSPS) is 14.5. The molecule has 3 amide bonds. The first kappa shape index (κ1) is 17.8. The molecule has 0 radical (unpaired) electrons. The highest BCUT2D eigenvalue weighted by molar-refractivity contribution is 5.91. The lowest BCUT2D eigenvalue weighted by Gasteiger charge is -2.27. The number of primary amides is 1. The maximum atomic E-state index is 11.6. The fraction of sp³-hybridized carbons (Fsp3) is 0.368. The smallest absolute Gasteiger partial charge is 0.320 e. The zero-order valence-corrected chi connectivity index (χ0v) is 15.3. The van der Waals surface area contributed by atoms with Crippen LogP contribution in [0.2, 0.25) is 0 Å². The molecular formula is C19H23N5O2. The molecule has 2 aromatic heterocycles. The number of carbonyl (C=O) groups excluding carboxylic acids is 2. The number of hydrogen-bond acceptors (Lipinski definition) is 4. The van der Waals surface area contributed by atoms with Crippen LogP contribution in [0.25, 0.3) is 11.1 Å². The molecule has 0 bridgehead atoms. The third kappa shape index (κ3) is 3.37. The summed E-state index contributed by atoms with van der Waals surface area (Å²) in [4.78, 5) is 35.2. The second-order valence-electron chi connectivity index (χ2n) is 6.61. The van der Waals surface area contributed by atoms with E-state index in [4.69, 9.17) is 5.73 Å². The molecule has 1 unspecified atom stereocenters. The third-order valence-electron chi connectivity index (χ3n) is 4.95. The molecule has 2 aromatic rings. The molecule has 3 rings (SSSR count). The van der Waals surface area contributed by atoms with Crippen LogP contribution in [0.15, 0.2) is 30.7 Å². The number of rotatable bonds is 3. The summed E-state index contributed by atoms with van der Waals surface area (Å²) in [6.07, 6.45) is 7.01. The number of fused-ring (bicyclic) bond motifs is 1. The summed E-state index contributed by atoms with van der Waals surface area (Å²) in [6, 6.07) is 3.51. The van der Waals surface area contributed by atoms with Crippen molar-refractivity contribution in [2.45, 2.75) is 32.7 Å². The molecular weight excluding hydrogens is 330 g/mol. The second-order valence-corrected chi connectivity index (χ2v) is 6.61. The van der Waals surface area contributed by atoms with Crippen LogP contribution in [0.4, 0.5) is 10.6 Å². The van der Waals surface area contributed by atoms with Crippen molar-refractivity contribution < 1.29 is 9.59 Å². The number of amides is 3. The van der Waals surface area contributed by atoms with E-state index in [1.165, 1.54) is 4.90 Å². The van der Waals surface area contributed by atoms with Crippen molar-refractivity contribution >= 4 is 17.8 Å². The highest BCUT2D eigenvalue weighted by Gasteiger charge is 2.22. The van der Waals surface area contributed by atoms with Crippen LogP contribution in [0.5, 0.6) is 0 Å². The summed E-state index contributed by atoms with van der Waals surface area (Å²) < 4.78 is 0. The average Bonchev–Trinajstić information content (AvgIpc) is 2.65. The van der Waals surface area contributed by atoms with Crippen molar-refractivity contribution in [1.29, 1.82) is 0 Å². The molecule has 7 heteroatoms. The first-order valence-corrected chi connectivity index (χ1v) is 8.63. The van der Waals surface area contributed by atoms with Gasteiger partial charge >= 0.3 is 6.03 Å². The van der Waals surface area contributed by atoms with Crippen LogP contribution < -0.4 is 10.6 Å². The Balaban J connectivity index is 1.94. The molecule has 7 nitrogen and oxygen atoms in total. The second kappa shape index (κ2) is 7.11. The predicted molar refractivity (Wildman–Crippen MR) is 99.6 cm³/mol. The Morgan fingerprint density at radius 3 is 2.65 bits per heavy atom. The van der Waals surface area contributed by atoms with E-state index in [9.17, 15) is 9.59 Å². The molecule has 0 spiro atoms. The van der Waals surface area contributed by atoms with Gasteiger partial charge in [-0.15, -0.1) is 0 Å². The monoisotopic (exact) mass is 353 g/mol. The van der Waals surface area contributed by atoms with E-state index in [1.807, 2.05) is 19.1 Å². The Kier molecular flexibility index (Phi) is 4.88. The Bertz CT molecular complexity index is 852. The fourth-order valence-electron chi connectivity index (χ4n) is 3.18. The number of hydrogen-bond donors (Lipinski definition) is 1. The minimum absolute atomic E-state index is 0.00453. The molecule has 26 heavy (non-hydrogen) atoms. The Labute approximate surface area is 152 Å². The van der Waals surface area contributed by atoms with Crippen molar-refractivity contribution in [2.75, 3.05) is 18.5 Å². The van der Waals surface area contributed by atoms with Crippen molar-refractivity contribution in [2.24, 2.45) is 5.73 Å². The molecule has 1 aliphatic rings. The molecule has 0 aromatic carbocycles. The first-order chi connectivity index (χ1) is 12.4. The molecule has 1 atom stereocenters. The summed E-state index contributed by atoms with van der Waals surface area (Å²) in [6.45, 7) is 4.12.